The van der Waals surface area contributed by atoms with Crippen LogP contribution in [0.5, 0.6) is 0 Å². The molecule has 0 bridgehead atoms. The van der Waals surface area contributed by atoms with Crippen LogP contribution in [0.15, 0.2) is 0 Å². The molecule has 0 spiro atoms. The molecular formula is C11H19NO3. The molecule has 1 fully saturated rings. The molecule has 1 rings (SSSR count). The van der Waals surface area contributed by atoms with Gasteiger partial charge in [-0.05, 0) is 19.3 Å². The predicted octanol–water partition coefficient (Wildman–Crippen LogP) is 1.64. The molecule has 1 unspecified atom stereocenters. The van der Waals surface area contributed by atoms with E-state index in [0.717, 1.165) is 12.8 Å². The molecule has 4 heteroatoms. The maximum absolute atomic E-state index is 11.7. The fraction of sp³-hybridized carbons (Fsp3) is 0.818. The predicted molar refractivity (Wildman–Crippen MR) is 56.5 cm³/mol. The Kier molecular flexibility index (Phi) is 3.72. The number of rotatable bonds is 4. The zero-order valence-corrected chi connectivity index (χ0v) is 9.45. The summed E-state index contributed by atoms with van der Waals surface area (Å²) >= 11 is 0. The lowest BCUT2D eigenvalue weighted by Crippen LogP contribution is -2.52. The van der Waals surface area contributed by atoms with Gasteiger partial charge in [0.1, 0.15) is 5.54 Å². The minimum Gasteiger partial charge on any atom is -0.479 e. The lowest BCUT2D eigenvalue weighted by molar-refractivity contribution is -0.157. The Bertz CT molecular complexity index is 263. The number of hydrogen-bond acceptors (Lipinski definition) is 2. The third-order valence-corrected chi connectivity index (χ3v) is 3.15. The average Bonchev–Trinajstić information content (AvgIpc) is 2.62. The highest BCUT2D eigenvalue weighted by Crippen LogP contribution is 2.34. The second-order valence-corrected chi connectivity index (χ2v) is 4.09. The minimum atomic E-state index is -0.915. The maximum Gasteiger partial charge on any atom is 0.329 e. The molecule has 1 heterocycles. The molecule has 1 atom stereocenters. The first kappa shape index (κ1) is 12.0. The smallest absolute Gasteiger partial charge is 0.329 e. The van der Waals surface area contributed by atoms with Gasteiger partial charge in [0.15, 0.2) is 0 Å². The highest BCUT2D eigenvalue weighted by atomic mass is 16.4. The lowest BCUT2D eigenvalue weighted by Gasteiger charge is -2.34. The molecule has 1 N–H and O–H groups in total. The molecule has 4 nitrogen and oxygen atoms in total. The SMILES string of the molecule is CCCC1(C(=O)O)CCCN1C(=O)CC. The Hall–Kier alpha value is -1.06. The average molecular weight is 213 g/mol. The van der Waals surface area contributed by atoms with Crippen LogP contribution in [0.1, 0.15) is 46.0 Å². The van der Waals surface area contributed by atoms with E-state index in [0.29, 0.717) is 25.8 Å². The number of carbonyl (C=O) groups excluding carboxylic acids is 1. The molecular weight excluding hydrogens is 194 g/mol. The molecule has 0 aromatic rings. The summed E-state index contributed by atoms with van der Waals surface area (Å²) in [7, 11) is 0. The van der Waals surface area contributed by atoms with Crippen LogP contribution in [-0.2, 0) is 9.59 Å². The summed E-state index contributed by atoms with van der Waals surface area (Å²) in [4.78, 5) is 24.6. The highest BCUT2D eigenvalue weighted by Gasteiger charge is 2.48. The van der Waals surface area contributed by atoms with E-state index < -0.39 is 11.5 Å². The standard InChI is InChI=1S/C11H19NO3/c1-3-6-11(10(14)15)7-5-8-12(11)9(13)4-2/h3-8H2,1-2H3,(H,14,15). The number of amides is 1. The summed E-state index contributed by atoms with van der Waals surface area (Å²) in [6.45, 7) is 4.33. The number of likely N-dealkylation sites (tertiary alicyclic amines) is 1. The first-order valence-corrected chi connectivity index (χ1v) is 5.62. The van der Waals surface area contributed by atoms with Gasteiger partial charge < -0.3 is 10.0 Å². The van der Waals surface area contributed by atoms with E-state index in [-0.39, 0.29) is 5.91 Å². The van der Waals surface area contributed by atoms with Crippen molar-refractivity contribution in [2.75, 3.05) is 6.54 Å². The van der Waals surface area contributed by atoms with Crippen LogP contribution < -0.4 is 0 Å². The maximum atomic E-state index is 11.7. The summed E-state index contributed by atoms with van der Waals surface area (Å²) in [6, 6.07) is 0. The van der Waals surface area contributed by atoms with Crippen molar-refractivity contribution in [2.24, 2.45) is 0 Å². The number of aliphatic carboxylic acids is 1. The monoisotopic (exact) mass is 213 g/mol. The van der Waals surface area contributed by atoms with E-state index in [9.17, 15) is 14.7 Å². The van der Waals surface area contributed by atoms with Crippen molar-refractivity contribution < 1.29 is 14.7 Å². The number of carboxylic acid groups (broad SMARTS) is 1. The van der Waals surface area contributed by atoms with Crippen LogP contribution >= 0.6 is 0 Å². The summed E-state index contributed by atoms with van der Waals surface area (Å²) < 4.78 is 0. The Labute approximate surface area is 90.3 Å². The van der Waals surface area contributed by atoms with Gasteiger partial charge in [-0.25, -0.2) is 4.79 Å². The molecule has 15 heavy (non-hydrogen) atoms. The third kappa shape index (κ3) is 1.98. The number of hydrogen-bond donors (Lipinski definition) is 1. The van der Waals surface area contributed by atoms with E-state index in [2.05, 4.69) is 0 Å². The van der Waals surface area contributed by atoms with E-state index in [4.69, 9.17) is 0 Å². The van der Waals surface area contributed by atoms with E-state index in [1.54, 1.807) is 11.8 Å². The molecule has 1 aliphatic heterocycles. The fourth-order valence-corrected chi connectivity index (χ4v) is 2.44. The van der Waals surface area contributed by atoms with E-state index in [1.165, 1.54) is 0 Å². The van der Waals surface area contributed by atoms with Gasteiger partial charge in [-0.15, -0.1) is 0 Å². The lowest BCUT2D eigenvalue weighted by atomic mass is 9.90. The fourth-order valence-electron chi connectivity index (χ4n) is 2.44. The molecule has 86 valence electrons. The zero-order chi connectivity index (χ0) is 11.5. The molecule has 1 aliphatic rings. The summed E-state index contributed by atoms with van der Waals surface area (Å²) in [6.07, 6.45) is 3.15. The van der Waals surface area contributed by atoms with Gasteiger partial charge in [0.25, 0.3) is 0 Å². The summed E-state index contributed by atoms with van der Waals surface area (Å²) in [5.74, 6) is -0.882. The van der Waals surface area contributed by atoms with Crippen LogP contribution in [0.3, 0.4) is 0 Å². The van der Waals surface area contributed by atoms with Gasteiger partial charge in [-0.1, -0.05) is 20.3 Å². The Balaban J connectivity index is 2.94. The van der Waals surface area contributed by atoms with Gasteiger partial charge in [-0.2, -0.15) is 0 Å². The Morgan fingerprint density at radius 3 is 2.53 bits per heavy atom. The van der Waals surface area contributed by atoms with Crippen molar-refractivity contribution in [2.45, 2.75) is 51.5 Å². The van der Waals surface area contributed by atoms with Crippen molar-refractivity contribution in [1.29, 1.82) is 0 Å². The van der Waals surface area contributed by atoms with Gasteiger partial charge >= 0.3 is 5.97 Å². The zero-order valence-electron chi connectivity index (χ0n) is 9.45. The van der Waals surface area contributed by atoms with Crippen molar-refractivity contribution in [3.05, 3.63) is 0 Å². The molecule has 1 saturated heterocycles. The van der Waals surface area contributed by atoms with Crippen molar-refractivity contribution >= 4 is 11.9 Å². The molecule has 0 aromatic carbocycles. The highest BCUT2D eigenvalue weighted by molar-refractivity contribution is 5.87. The Morgan fingerprint density at radius 2 is 2.07 bits per heavy atom. The normalized spacial score (nSPS) is 25.6. The molecule has 0 aromatic heterocycles. The van der Waals surface area contributed by atoms with Crippen molar-refractivity contribution in [3.63, 3.8) is 0 Å². The quantitative estimate of drug-likeness (QED) is 0.772. The van der Waals surface area contributed by atoms with Crippen LogP contribution in [0.25, 0.3) is 0 Å². The van der Waals surface area contributed by atoms with Crippen LogP contribution in [-0.4, -0.2) is 34.0 Å². The second-order valence-electron chi connectivity index (χ2n) is 4.09. The number of nitrogens with zero attached hydrogens (tertiary/aromatic N) is 1. The van der Waals surface area contributed by atoms with E-state index >= 15 is 0 Å². The van der Waals surface area contributed by atoms with Gasteiger partial charge in [0, 0.05) is 13.0 Å². The topological polar surface area (TPSA) is 57.6 Å². The third-order valence-electron chi connectivity index (χ3n) is 3.15. The van der Waals surface area contributed by atoms with Crippen LogP contribution in [0.4, 0.5) is 0 Å². The minimum absolute atomic E-state index is 0.0386. The molecule has 0 radical (unpaired) electrons. The molecule has 0 aliphatic carbocycles. The largest absolute Gasteiger partial charge is 0.479 e. The van der Waals surface area contributed by atoms with Crippen LogP contribution in [0.2, 0.25) is 0 Å². The van der Waals surface area contributed by atoms with Crippen molar-refractivity contribution in [1.82, 2.24) is 4.90 Å². The first-order valence-electron chi connectivity index (χ1n) is 5.62. The molecule has 0 saturated carbocycles. The van der Waals surface area contributed by atoms with Crippen LogP contribution in [0, 0.1) is 0 Å². The van der Waals surface area contributed by atoms with Gasteiger partial charge in [0.2, 0.25) is 5.91 Å². The van der Waals surface area contributed by atoms with E-state index in [1.807, 2.05) is 6.92 Å². The summed E-state index contributed by atoms with van der Waals surface area (Å²) in [5.41, 5.74) is -0.915. The van der Waals surface area contributed by atoms with Gasteiger partial charge in [-0.3, -0.25) is 4.79 Å². The number of carboxylic acids is 1. The number of carbonyl (C=O) groups is 2. The first-order chi connectivity index (χ1) is 7.08. The Morgan fingerprint density at radius 1 is 1.40 bits per heavy atom. The second kappa shape index (κ2) is 4.64. The van der Waals surface area contributed by atoms with Crippen molar-refractivity contribution in [3.8, 4) is 0 Å². The molecule has 1 amide bonds. The summed E-state index contributed by atoms with van der Waals surface area (Å²) in [5, 5.41) is 9.32. The van der Waals surface area contributed by atoms with Gasteiger partial charge in [0.05, 0.1) is 0 Å².